The van der Waals surface area contributed by atoms with Crippen LogP contribution in [-0.2, 0) is 20.8 Å². The first-order valence-corrected chi connectivity index (χ1v) is 11.3. The second-order valence-corrected chi connectivity index (χ2v) is 9.11. The lowest BCUT2D eigenvalue weighted by Crippen LogP contribution is -3.10. The summed E-state index contributed by atoms with van der Waals surface area (Å²) in [5, 5.41) is 14.6. The molecular weight excluding hydrogens is 594 g/mol. The molecule has 3 amide bonds. The largest absolute Gasteiger partial charge is 0.634 e. The number of hydroxylamine groups is 2. The van der Waals surface area contributed by atoms with Crippen molar-refractivity contribution in [1.29, 1.82) is 0 Å². The monoisotopic (exact) mass is 616 g/mol. The summed E-state index contributed by atoms with van der Waals surface area (Å²) in [4.78, 5) is 46.4. The van der Waals surface area contributed by atoms with Crippen LogP contribution in [0, 0.1) is 12.7 Å². The number of quaternary nitrogens is 1. The maximum atomic E-state index is 13.2. The van der Waals surface area contributed by atoms with Crippen LogP contribution in [0.15, 0.2) is 0 Å². The number of aromatic amines is 1. The molecule has 1 aromatic rings. The number of amides is 3. The number of halogens is 2. The third kappa shape index (κ3) is 4.76. The van der Waals surface area contributed by atoms with Gasteiger partial charge in [-0.25, -0.2) is 4.98 Å². The SMILES string of the molecule is NC(=O)C1CCCN1C(=O)C(Cc1[nH]c(I)nc1I)NC(=O)C1CCC[NH+]1[O-]. The standard InChI is InChI=1S/C16H22I2N6O4/c17-12-8(21-16(18)22-12)7-9(20-14(26)11-4-2-6-24(11)28)15(27)23-5-1-3-10(23)13(19)25/h9-11,24H,1-7H2,(H2,19,25)(H,20,26)(H,21,22). The zero-order valence-electron chi connectivity index (χ0n) is 15.0. The summed E-state index contributed by atoms with van der Waals surface area (Å²) in [5.41, 5.74) is 6.16. The van der Waals surface area contributed by atoms with Crippen molar-refractivity contribution in [2.24, 2.45) is 5.73 Å². The molecule has 12 heteroatoms. The van der Waals surface area contributed by atoms with E-state index >= 15 is 0 Å². The van der Waals surface area contributed by atoms with E-state index in [1.807, 2.05) is 22.6 Å². The van der Waals surface area contributed by atoms with Crippen LogP contribution in [0.5, 0.6) is 0 Å². The Morgan fingerprint density at radius 1 is 1.36 bits per heavy atom. The minimum atomic E-state index is -0.898. The molecule has 4 atom stereocenters. The van der Waals surface area contributed by atoms with Gasteiger partial charge in [0.2, 0.25) is 11.8 Å². The van der Waals surface area contributed by atoms with Gasteiger partial charge in [0.25, 0.3) is 5.91 Å². The van der Waals surface area contributed by atoms with Crippen LogP contribution in [0.2, 0.25) is 0 Å². The van der Waals surface area contributed by atoms with Crippen LogP contribution in [0.1, 0.15) is 31.4 Å². The number of H-pyrrole nitrogens is 1. The lowest BCUT2D eigenvalue weighted by molar-refractivity contribution is -0.851. The highest BCUT2D eigenvalue weighted by Crippen LogP contribution is 2.20. The van der Waals surface area contributed by atoms with Crippen LogP contribution in [0.3, 0.4) is 0 Å². The third-order valence-electron chi connectivity index (χ3n) is 5.21. The molecule has 1 aromatic heterocycles. The van der Waals surface area contributed by atoms with Crippen molar-refractivity contribution in [2.45, 2.75) is 50.2 Å². The Balaban J connectivity index is 1.81. The van der Waals surface area contributed by atoms with E-state index in [2.05, 4.69) is 37.9 Å². The van der Waals surface area contributed by atoms with E-state index in [0.29, 0.717) is 46.3 Å². The molecule has 0 aliphatic carbocycles. The van der Waals surface area contributed by atoms with Crippen molar-refractivity contribution in [3.05, 3.63) is 18.4 Å². The fraction of sp³-hybridized carbons (Fsp3) is 0.625. The molecule has 0 radical (unpaired) electrons. The molecule has 0 saturated carbocycles. The number of likely N-dealkylation sites (tertiary alicyclic amines) is 1. The first-order chi connectivity index (χ1) is 13.3. The highest BCUT2D eigenvalue weighted by molar-refractivity contribution is 14.1. The number of rotatable bonds is 6. The van der Waals surface area contributed by atoms with Gasteiger partial charge in [0.05, 0.1) is 12.2 Å². The Labute approximate surface area is 189 Å². The predicted molar refractivity (Wildman–Crippen MR) is 116 cm³/mol. The zero-order valence-corrected chi connectivity index (χ0v) is 19.4. The van der Waals surface area contributed by atoms with Crippen molar-refractivity contribution in [1.82, 2.24) is 20.2 Å². The maximum absolute atomic E-state index is 13.2. The molecule has 2 fully saturated rings. The highest BCUT2D eigenvalue weighted by atomic mass is 127. The van der Waals surface area contributed by atoms with Gasteiger partial charge >= 0.3 is 0 Å². The molecule has 2 saturated heterocycles. The number of nitrogens with zero attached hydrogens (tertiary/aromatic N) is 2. The van der Waals surface area contributed by atoms with Crippen LogP contribution in [-0.4, -0.2) is 63.8 Å². The number of aromatic nitrogens is 2. The number of primary amides is 1. The summed E-state index contributed by atoms with van der Waals surface area (Å²) >= 11 is 4.10. The van der Waals surface area contributed by atoms with Crippen LogP contribution >= 0.6 is 45.2 Å². The number of hydrogen-bond acceptors (Lipinski definition) is 5. The molecule has 0 aromatic carbocycles. The Bertz CT molecular complexity index is 772. The van der Waals surface area contributed by atoms with E-state index in [9.17, 15) is 19.6 Å². The number of hydrogen-bond donors (Lipinski definition) is 4. The average Bonchev–Trinajstić information content (AvgIpc) is 3.34. The summed E-state index contributed by atoms with van der Waals surface area (Å²) in [7, 11) is 0. The van der Waals surface area contributed by atoms with Gasteiger partial charge in [0, 0.05) is 25.8 Å². The molecule has 3 rings (SSSR count). The molecular formula is C16H22I2N6O4. The van der Waals surface area contributed by atoms with Gasteiger partial charge in [0.15, 0.2) is 9.87 Å². The molecule has 5 N–H and O–H groups in total. The van der Waals surface area contributed by atoms with Gasteiger partial charge in [-0.05, 0) is 58.0 Å². The Morgan fingerprint density at radius 2 is 2.11 bits per heavy atom. The van der Waals surface area contributed by atoms with Gasteiger partial charge in [-0.2, -0.15) is 0 Å². The van der Waals surface area contributed by atoms with Gasteiger partial charge in [0.1, 0.15) is 15.8 Å². The second kappa shape index (κ2) is 9.21. The van der Waals surface area contributed by atoms with E-state index in [-0.39, 0.29) is 17.4 Å². The summed E-state index contributed by atoms with van der Waals surface area (Å²) in [5.74, 6) is -1.34. The molecule has 154 valence electrons. The van der Waals surface area contributed by atoms with Crippen molar-refractivity contribution < 1.29 is 19.4 Å². The molecule has 10 nitrogen and oxygen atoms in total. The highest BCUT2D eigenvalue weighted by Gasteiger charge is 2.39. The number of imidazole rings is 1. The summed E-state index contributed by atoms with van der Waals surface area (Å²) < 4.78 is 1.38. The minimum absolute atomic E-state index is 0.0921. The van der Waals surface area contributed by atoms with E-state index < -0.39 is 29.9 Å². The van der Waals surface area contributed by atoms with Gasteiger partial charge in [-0.3, -0.25) is 14.4 Å². The van der Waals surface area contributed by atoms with Crippen molar-refractivity contribution in [3.8, 4) is 0 Å². The second-order valence-electron chi connectivity index (χ2n) is 7.07. The fourth-order valence-electron chi connectivity index (χ4n) is 3.79. The lowest BCUT2D eigenvalue weighted by Gasteiger charge is -2.29. The first-order valence-electron chi connectivity index (χ1n) is 9.10. The zero-order chi connectivity index (χ0) is 20.4. The summed E-state index contributed by atoms with van der Waals surface area (Å²) in [6.07, 6.45) is 2.57. The minimum Gasteiger partial charge on any atom is -0.634 e. The Kier molecular flexibility index (Phi) is 7.14. The quantitative estimate of drug-likeness (QED) is 0.231. The average molecular weight is 616 g/mol. The number of nitrogens with two attached hydrogens (primary N) is 1. The van der Waals surface area contributed by atoms with Crippen LogP contribution < -0.4 is 16.1 Å². The first kappa shape index (κ1) is 21.7. The summed E-state index contributed by atoms with van der Waals surface area (Å²) in [6.45, 7) is 0.808. The van der Waals surface area contributed by atoms with Crippen LogP contribution in [0.4, 0.5) is 0 Å². The summed E-state index contributed by atoms with van der Waals surface area (Å²) in [6, 6.07) is -2.27. The fourth-order valence-corrected chi connectivity index (χ4v) is 5.41. The molecule has 4 unspecified atom stereocenters. The Hall–Kier alpha value is -1.00. The van der Waals surface area contributed by atoms with Crippen molar-refractivity contribution >= 4 is 62.9 Å². The molecule has 0 bridgehead atoms. The van der Waals surface area contributed by atoms with Gasteiger partial charge < -0.3 is 31.2 Å². The van der Waals surface area contributed by atoms with E-state index in [4.69, 9.17) is 5.73 Å². The molecule has 2 aliphatic heterocycles. The number of carbonyl (C=O) groups excluding carboxylic acids is 3. The Morgan fingerprint density at radius 3 is 2.68 bits per heavy atom. The molecule has 2 aliphatic rings. The number of carbonyl (C=O) groups is 3. The van der Waals surface area contributed by atoms with Crippen molar-refractivity contribution in [2.75, 3.05) is 13.1 Å². The third-order valence-corrected chi connectivity index (χ3v) is 6.61. The van der Waals surface area contributed by atoms with E-state index in [1.165, 1.54) is 4.90 Å². The number of nitrogens with one attached hydrogen (secondary N) is 3. The van der Waals surface area contributed by atoms with Gasteiger partial charge in [-0.1, -0.05) is 0 Å². The topological polar surface area (TPSA) is 149 Å². The smallest absolute Gasteiger partial charge is 0.279 e. The maximum Gasteiger partial charge on any atom is 0.279 e. The lowest BCUT2D eigenvalue weighted by atomic mass is 10.1. The predicted octanol–water partition coefficient (Wildman–Crippen LogP) is -1.33. The molecule has 28 heavy (non-hydrogen) atoms. The van der Waals surface area contributed by atoms with E-state index in [1.54, 1.807) is 0 Å². The van der Waals surface area contributed by atoms with E-state index in [0.717, 1.165) is 5.69 Å². The van der Waals surface area contributed by atoms with Crippen LogP contribution in [0.25, 0.3) is 0 Å². The van der Waals surface area contributed by atoms with Crippen molar-refractivity contribution in [3.63, 3.8) is 0 Å². The molecule has 3 heterocycles. The normalized spacial score (nSPS) is 25.7. The molecule has 0 spiro atoms. The van der Waals surface area contributed by atoms with Gasteiger partial charge in [-0.15, -0.1) is 0 Å².